The quantitative estimate of drug-likeness (QED) is 0.733. The van der Waals surface area contributed by atoms with Gasteiger partial charge in [0.25, 0.3) is 0 Å². The summed E-state index contributed by atoms with van der Waals surface area (Å²) < 4.78 is 12.0. The molecule has 0 aromatic heterocycles. The summed E-state index contributed by atoms with van der Waals surface area (Å²) in [6, 6.07) is 11.6. The van der Waals surface area contributed by atoms with Gasteiger partial charge in [0.2, 0.25) is 0 Å². The molecule has 0 amide bonds. The average molecular weight is 232 g/mol. The highest BCUT2D eigenvalue weighted by molar-refractivity contribution is 7.91. The molecule has 0 aliphatic carbocycles. The Labute approximate surface area is 96.2 Å². The van der Waals surface area contributed by atoms with Crippen LogP contribution in [-0.4, -0.2) is 4.55 Å². The summed E-state index contributed by atoms with van der Waals surface area (Å²) in [5.74, 6) is -0.230. The first-order valence-electron chi connectivity index (χ1n) is 4.63. The van der Waals surface area contributed by atoms with Crippen LogP contribution in [-0.2, 0) is 21.4 Å². The molecular formula is C12H8O3S. The molecule has 0 bridgehead atoms. The third-order valence-corrected chi connectivity index (χ3v) is 3.48. The van der Waals surface area contributed by atoms with Crippen molar-refractivity contribution in [3.05, 3.63) is 48.5 Å². The van der Waals surface area contributed by atoms with Crippen LogP contribution in [0.5, 0.6) is 11.5 Å². The fourth-order valence-electron chi connectivity index (χ4n) is 1.26. The first-order valence-corrected chi connectivity index (χ1v) is 5.78. The Kier molecular flexibility index (Phi) is 3.03. The molecule has 2 aromatic rings. The topological polar surface area (TPSA) is 62.9 Å². The summed E-state index contributed by atoms with van der Waals surface area (Å²) in [6.07, 6.45) is 0. The third-order valence-electron chi connectivity index (χ3n) is 2.08. The van der Waals surface area contributed by atoms with Gasteiger partial charge in [-0.1, -0.05) is 0 Å². The SMILES string of the molecule is [O]c1ccc([S+]([O-])c2ccc([O])cc2)cc1. The van der Waals surface area contributed by atoms with Crippen molar-refractivity contribution < 1.29 is 14.8 Å². The monoisotopic (exact) mass is 232 g/mol. The predicted molar refractivity (Wildman–Crippen MR) is 57.8 cm³/mol. The van der Waals surface area contributed by atoms with Crippen LogP contribution in [0.1, 0.15) is 0 Å². The minimum Gasteiger partial charge on any atom is -0.606 e. The second-order valence-corrected chi connectivity index (χ2v) is 4.69. The van der Waals surface area contributed by atoms with Crippen molar-refractivity contribution in [2.75, 3.05) is 0 Å². The normalized spacial score (nSPS) is 10.6. The fourth-order valence-corrected chi connectivity index (χ4v) is 2.30. The summed E-state index contributed by atoms with van der Waals surface area (Å²) in [5, 5.41) is 21.8. The molecule has 0 aliphatic rings. The standard InChI is InChI=1S/C12H8O3S/c13-9-1-5-11(6-2-9)16(15)12-7-3-10(14)4-8-12/h1-8H. The first kappa shape index (κ1) is 10.9. The van der Waals surface area contributed by atoms with Crippen molar-refractivity contribution in [2.45, 2.75) is 9.79 Å². The van der Waals surface area contributed by atoms with Crippen molar-refractivity contribution in [3.63, 3.8) is 0 Å². The maximum absolute atomic E-state index is 12.0. The largest absolute Gasteiger partial charge is 0.606 e. The van der Waals surface area contributed by atoms with E-state index in [4.69, 9.17) is 0 Å². The minimum atomic E-state index is -1.34. The lowest BCUT2D eigenvalue weighted by Gasteiger charge is -2.08. The number of rotatable bonds is 2. The van der Waals surface area contributed by atoms with E-state index < -0.39 is 11.2 Å². The van der Waals surface area contributed by atoms with E-state index in [1.165, 1.54) is 48.5 Å². The molecule has 0 unspecified atom stereocenters. The van der Waals surface area contributed by atoms with Crippen LogP contribution in [0.15, 0.2) is 58.3 Å². The van der Waals surface area contributed by atoms with Gasteiger partial charge in [-0.05, 0) is 48.5 Å². The Morgan fingerprint density at radius 1 is 0.688 bits per heavy atom. The molecule has 2 aromatic carbocycles. The number of hydrogen-bond acceptors (Lipinski definition) is 1. The number of benzene rings is 2. The van der Waals surface area contributed by atoms with Crippen molar-refractivity contribution in [1.29, 1.82) is 0 Å². The van der Waals surface area contributed by atoms with Gasteiger partial charge < -0.3 is 4.55 Å². The molecule has 0 atom stereocenters. The lowest BCUT2D eigenvalue weighted by molar-refractivity contribution is 0.354. The van der Waals surface area contributed by atoms with Crippen LogP contribution >= 0.6 is 0 Å². The Bertz CT molecular complexity index is 419. The van der Waals surface area contributed by atoms with Gasteiger partial charge in [-0.2, -0.15) is 0 Å². The van der Waals surface area contributed by atoms with Crippen molar-refractivity contribution in [1.82, 2.24) is 0 Å². The van der Waals surface area contributed by atoms with Gasteiger partial charge in [-0.3, -0.25) is 10.2 Å². The summed E-state index contributed by atoms with van der Waals surface area (Å²) >= 11 is -1.34. The van der Waals surface area contributed by atoms with Gasteiger partial charge in [-0.25, -0.2) is 0 Å². The third kappa shape index (κ3) is 2.29. The average Bonchev–Trinajstić information content (AvgIpc) is 2.30. The smallest absolute Gasteiger partial charge is 0.179 e. The van der Waals surface area contributed by atoms with Crippen molar-refractivity contribution in [3.8, 4) is 11.5 Å². The zero-order chi connectivity index (χ0) is 11.5. The maximum atomic E-state index is 12.0. The Morgan fingerprint density at radius 2 is 1.00 bits per heavy atom. The Morgan fingerprint density at radius 3 is 1.31 bits per heavy atom. The van der Waals surface area contributed by atoms with E-state index in [0.717, 1.165) is 0 Å². The van der Waals surface area contributed by atoms with Gasteiger partial charge in [-0.15, -0.1) is 0 Å². The summed E-state index contributed by atoms with van der Waals surface area (Å²) in [4.78, 5) is 1.11. The molecule has 80 valence electrons. The van der Waals surface area contributed by atoms with Crippen LogP contribution < -0.4 is 0 Å². The van der Waals surface area contributed by atoms with Crippen LogP contribution in [0, 0.1) is 0 Å². The molecule has 2 radical (unpaired) electrons. The van der Waals surface area contributed by atoms with E-state index in [1.807, 2.05) is 0 Å². The van der Waals surface area contributed by atoms with E-state index in [0.29, 0.717) is 9.79 Å². The lowest BCUT2D eigenvalue weighted by atomic mass is 10.3. The molecule has 0 N–H and O–H groups in total. The Balaban J connectivity index is 2.28. The highest BCUT2D eigenvalue weighted by Crippen LogP contribution is 2.24. The first-order chi connectivity index (χ1) is 7.66. The summed E-state index contributed by atoms with van der Waals surface area (Å²) in [7, 11) is 0. The van der Waals surface area contributed by atoms with Crippen molar-refractivity contribution in [2.24, 2.45) is 0 Å². The van der Waals surface area contributed by atoms with Crippen molar-refractivity contribution >= 4 is 11.2 Å². The second-order valence-electron chi connectivity index (χ2n) is 3.21. The molecule has 0 saturated heterocycles. The molecule has 0 aliphatic heterocycles. The molecule has 4 heteroatoms. The highest BCUT2D eigenvalue weighted by atomic mass is 32.2. The van der Waals surface area contributed by atoms with Gasteiger partial charge >= 0.3 is 0 Å². The molecular weight excluding hydrogens is 224 g/mol. The highest BCUT2D eigenvalue weighted by Gasteiger charge is 2.14. The predicted octanol–water partition coefficient (Wildman–Crippen LogP) is 3.14. The van der Waals surface area contributed by atoms with E-state index in [1.54, 1.807) is 0 Å². The van der Waals surface area contributed by atoms with Gasteiger partial charge in [0.15, 0.2) is 21.3 Å². The van der Waals surface area contributed by atoms with E-state index >= 15 is 0 Å². The Hall–Kier alpha value is -1.65. The van der Waals surface area contributed by atoms with E-state index in [-0.39, 0.29) is 11.5 Å². The second kappa shape index (κ2) is 4.47. The molecule has 2 rings (SSSR count). The lowest BCUT2D eigenvalue weighted by Crippen LogP contribution is -2.01. The van der Waals surface area contributed by atoms with Crippen LogP contribution in [0.2, 0.25) is 0 Å². The van der Waals surface area contributed by atoms with Crippen LogP contribution in [0.3, 0.4) is 0 Å². The maximum Gasteiger partial charge on any atom is 0.179 e. The van der Waals surface area contributed by atoms with Gasteiger partial charge in [0, 0.05) is 11.2 Å². The number of hydrogen-bond donors (Lipinski definition) is 0. The molecule has 0 saturated carbocycles. The molecule has 0 heterocycles. The molecule has 3 nitrogen and oxygen atoms in total. The van der Waals surface area contributed by atoms with Crippen LogP contribution in [0.4, 0.5) is 0 Å². The minimum absolute atomic E-state index is 0.115. The summed E-state index contributed by atoms with van der Waals surface area (Å²) in [6.45, 7) is 0. The van der Waals surface area contributed by atoms with Crippen LogP contribution in [0.25, 0.3) is 0 Å². The zero-order valence-corrected chi connectivity index (χ0v) is 9.07. The van der Waals surface area contributed by atoms with E-state index in [9.17, 15) is 14.8 Å². The van der Waals surface area contributed by atoms with Gasteiger partial charge in [0.1, 0.15) is 0 Å². The molecule has 16 heavy (non-hydrogen) atoms. The molecule has 0 spiro atoms. The molecule has 0 fully saturated rings. The van der Waals surface area contributed by atoms with E-state index in [2.05, 4.69) is 0 Å². The zero-order valence-electron chi connectivity index (χ0n) is 8.25. The summed E-state index contributed by atoms with van der Waals surface area (Å²) in [5.41, 5.74) is 0. The fraction of sp³-hybridized carbons (Fsp3) is 0. The van der Waals surface area contributed by atoms with Gasteiger partial charge in [0.05, 0.1) is 0 Å².